The lowest BCUT2D eigenvalue weighted by Crippen LogP contribution is -2.33. The number of thioether (sulfide) groups is 4. The summed E-state index contributed by atoms with van der Waals surface area (Å²) in [5.74, 6) is 5.91. The summed E-state index contributed by atoms with van der Waals surface area (Å²) in [6.07, 6.45) is 13.0. The van der Waals surface area contributed by atoms with Crippen LogP contribution in [-0.4, -0.2) is 137 Å². The molecule has 0 aromatic heterocycles. The van der Waals surface area contributed by atoms with Gasteiger partial charge in [0.1, 0.15) is 52.9 Å². The molecule has 6 N–H and O–H groups in total. The first-order valence-electron chi connectivity index (χ1n) is 36.4. The Morgan fingerprint density at radius 2 is 0.868 bits per heavy atom. The van der Waals surface area contributed by atoms with E-state index in [9.17, 15) is 34.2 Å². The molecule has 0 radical (unpaired) electrons. The Labute approximate surface area is 644 Å². The summed E-state index contributed by atoms with van der Waals surface area (Å²) in [4.78, 5) is 82.0. The molecule has 572 valence electrons. The first-order valence-corrected chi connectivity index (χ1v) is 40.4. The van der Waals surface area contributed by atoms with E-state index in [2.05, 4.69) is 86.6 Å². The Hall–Kier alpha value is -7.73. The van der Waals surface area contributed by atoms with Crippen molar-refractivity contribution in [2.75, 3.05) is 72.2 Å². The number of phenols is 1. The number of unbranched alkanes of at least 4 members (excludes halogenated alkanes) is 1. The highest BCUT2D eigenvalue weighted by atomic mass is 32.2. The highest BCUT2D eigenvalue weighted by Crippen LogP contribution is 2.48. The van der Waals surface area contributed by atoms with Crippen LogP contribution in [0.2, 0.25) is 0 Å². The van der Waals surface area contributed by atoms with Crippen LogP contribution in [0.25, 0.3) is 0 Å². The summed E-state index contributed by atoms with van der Waals surface area (Å²) in [7, 11) is 4.85. The Kier molecular flexibility index (Phi) is 30.0. The lowest BCUT2D eigenvalue weighted by atomic mass is 9.78. The quantitative estimate of drug-likeness (QED) is 0.0377. The molecule has 0 saturated heterocycles. The van der Waals surface area contributed by atoms with Crippen LogP contribution in [0.15, 0.2) is 147 Å². The van der Waals surface area contributed by atoms with Gasteiger partial charge in [-0.3, -0.25) is 39.1 Å². The number of phenolic OH excluding ortho intramolecular Hbond substituents is 1. The van der Waals surface area contributed by atoms with E-state index in [1.165, 1.54) is 53.6 Å². The molecular formula is C83H110N8O11S4. The molecule has 4 aromatic rings. The van der Waals surface area contributed by atoms with Gasteiger partial charge in [0, 0.05) is 82.9 Å². The predicted octanol–water partition coefficient (Wildman–Crippen LogP) is 19.1. The minimum Gasteiger partial charge on any atom is -0.506 e. The minimum atomic E-state index is -1.01. The SMILES string of the molecule is C.CCCCC(CC)COc1ccc(NC2=C3SCC(C(C)=O)N=C3CC(C)(C)C2)c(O)c1.COc1ccc(NC2=C3SCC(C(C)=O)N=C3CC(C)(C)C2)c(C(=O)O)c1.COc1ccc(NC2=C3SCC(C(C)=O)N=C3CC(C)(C)C2)cc1.COc1ccc(NC2=C3SCC(C(C)=O)N=C3CCC2)cc1. The third kappa shape index (κ3) is 22.9. The number of allylic oxidation sites excluding steroid dienone is 8. The van der Waals surface area contributed by atoms with Crippen molar-refractivity contribution >= 4 is 122 Å². The molecule has 0 fully saturated rings. The highest BCUT2D eigenvalue weighted by molar-refractivity contribution is 8.05. The van der Waals surface area contributed by atoms with E-state index in [1.807, 2.05) is 60.7 Å². The third-order valence-electron chi connectivity index (χ3n) is 19.4. The number of carboxylic acids is 1. The lowest BCUT2D eigenvalue weighted by molar-refractivity contribution is -0.118. The molecular weight excluding hydrogens is 1410 g/mol. The van der Waals surface area contributed by atoms with Crippen molar-refractivity contribution < 1.29 is 53.1 Å². The monoisotopic (exact) mass is 1520 g/mol. The number of rotatable bonds is 23. The third-order valence-corrected chi connectivity index (χ3v) is 24.4. The fourth-order valence-corrected chi connectivity index (χ4v) is 18.5. The average molecular weight is 1520 g/mol. The van der Waals surface area contributed by atoms with Crippen molar-refractivity contribution in [3.63, 3.8) is 0 Å². The molecule has 0 spiro atoms. The summed E-state index contributed by atoms with van der Waals surface area (Å²) < 4.78 is 21.5. The number of nitrogens with zero attached hydrogens (tertiary/aromatic N) is 4. The van der Waals surface area contributed by atoms with Gasteiger partial charge in [0.2, 0.25) is 0 Å². The van der Waals surface area contributed by atoms with Crippen molar-refractivity contribution in [1.29, 1.82) is 0 Å². The molecule has 4 heterocycles. The fraction of sp³-hybridized carbons (Fsp3) is 0.506. The van der Waals surface area contributed by atoms with Gasteiger partial charge in [-0.15, -0.1) is 47.0 Å². The number of methoxy groups -OCH3 is 3. The number of Topliss-reactive ketones (excluding diaryl/α,β-unsaturated/α-hetero) is 4. The smallest absolute Gasteiger partial charge is 0.337 e. The number of benzene rings is 4. The molecule has 19 nitrogen and oxygen atoms in total. The molecule has 8 aliphatic rings. The van der Waals surface area contributed by atoms with E-state index in [0.717, 1.165) is 143 Å². The van der Waals surface area contributed by atoms with Crippen LogP contribution in [0.1, 0.15) is 184 Å². The molecule has 4 aliphatic heterocycles. The van der Waals surface area contributed by atoms with Crippen LogP contribution in [0.5, 0.6) is 28.7 Å². The van der Waals surface area contributed by atoms with Gasteiger partial charge in [-0.2, -0.15) is 0 Å². The number of hydrogen-bond donors (Lipinski definition) is 6. The zero-order valence-corrected chi connectivity index (χ0v) is 67.0. The second-order valence-corrected chi connectivity index (χ2v) is 34.4. The van der Waals surface area contributed by atoms with Crippen molar-refractivity contribution in [3.05, 3.63) is 133 Å². The maximum atomic E-state index is 11.9. The van der Waals surface area contributed by atoms with Gasteiger partial charge in [0.15, 0.2) is 23.1 Å². The summed E-state index contributed by atoms with van der Waals surface area (Å²) in [5.41, 5.74) is 12.2. The van der Waals surface area contributed by atoms with Crippen LogP contribution in [-0.2, 0) is 19.2 Å². The zero-order chi connectivity index (χ0) is 75.9. The Morgan fingerprint density at radius 3 is 1.26 bits per heavy atom. The number of nitrogens with one attached hydrogen (secondary N) is 4. The van der Waals surface area contributed by atoms with E-state index < -0.39 is 5.97 Å². The second kappa shape index (κ2) is 37.9. The number of aromatic carboxylic acids is 1. The number of carbonyl (C=O) groups excluding carboxylic acids is 4. The summed E-state index contributed by atoms with van der Waals surface area (Å²) in [5, 5.41) is 34.1. The van der Waals surface area contributed by atoms with Gasteiger partial charge in [-0.1, -0.05) is 82.1 Å². The van der Waals surface area contributed by atoms with Crippen molar-refractivity contribution in [2.24, 2.45) is 42.1 Å². The summed E-state index contributed by atoms with van der Waals surface area (Å²) in [6, 6.07) is 25.5. The molecule has 0 bridgehead atoms. The van der Waals surface area contributed by atoms with Gasteiger partial charge in [-0.25, -0.2) is 4.79 Å². The molecule has 4 aliphatic carbocycles. The number of ketones is 4. The molecule has 106 heavy (non-hydrogen) atoms. The van der Waals surface area contributed by atoms with Crippen LogP contribution < -0.4 is 40.2 Å². The van der Waals surface area contributed by atoms with Crippen LogP contribution in [0.4, 0.5) is 22.7 Å². The molecule has 23 heteroatoms. The fourth-order valence-electron chi connectivity index (χ4n) is 13.5. The van der Waals surface area contributed by atoms with E-state index in [1.54, 1.807) is 107 Å². The first kappa shape index (κ1) is 83.9. The van der Waals surface area contributed by atoms with E-state index in [-0.39, 0.29) is 82.3 Å². The maximum Gasteiger partial charge on any atom is 0.337 e. The first-order chi connectivity index (χ1) is 50.0. The van der Waals surface area contributed by atoms with E-state index in [0.29, 0.717) is 46.9 Å². The number of aromatic hydroxyl groups is 1. The topological polar surface area (TPSA) is 260 Å². The lowest BCUT2D eigenvalue weighted by Gasteiger charge is -2.37. The van der Waals surface area contributed by atoms with Crippen molar-refractivity contribution in [2.45, 2.75) is 198 Å². The molecule has 4 aromatic carbocycles. The molecule has 5 unspecified atom stereocenters. The Morgan fingerprint density at radius 1 is 0.491 bits per heavy atom. The Balaban J connectivity index is 0.000000179. The van der Waals surface area contributed by atoms with Crippen LogP contribution in [0, 0.1) is 22.2 Å². The second-order valence-electron chi connectivity index (χ2n) is 30.3. The van der Waals surface area contributed by atoms with E-state index in [4.69, 9.17) is 28.9 Å². The Bertz CT molecular complexity index is 4130. The number of ether oxygens (including phenoxy) is 4. The van der Waals surface area contributed by atoms with Gasteiger partial charge >= 0.3 is 5.97 Å². The van der Waals surface area contributed by atoms with Gasteiger partial charge in [0.05, 0.1) is 67.7 Å². The predicted molar refractivity (Wildman–Crippen MR) is 443 cm³/mol. The standard InChI is InChI=1S/C26H38N2O3S.C20H24N2O4S.C19H24N2O2S.C17H20N2O2S.CH4/c1-6-8-9-18(7-2)15-31-19-10-11-20(24(30)12-19)27-21-13-26(4,5)14-22-25(21)32-16-23(28-22)17(3)29;1-11(23)17-10-27-18-15(8-20(2,3)9-16(18)22-17)21-14-6-5-12(26-4)7-13(14)19(24)25;1-12(22)17-11-24-18-15(9-19(2,3)10-16(18)21-17)20-13-5-7-14(23-4)8-6-13;1-11(20)16-10-22-17-14(4-3-5-15(17)19-16)18-12-6-8-13(21-2)9-7-12;/h10-12,18,23,27,30H,6-9,13-16H2,1-5H3;5-7,17,21H,8-10H2,1-4H3,(H,24,25);5-8,17,20H,9-11H2,1-4H3;6-9,16,18H,3-5,10H2,1-2H3;1H4. The summed E-state index contributed by atoms with van der Waals surface area (Å²) >= 11 is 6.85. The highest BCUT2D eigenvalue weighted by Gasteiger charge is 2.39. The van der Waals surface area contributed by atoms with Crippen molar-refractivity contribution in [3.8, 4) is 28.7 Å². The van der Waals surface area contributed by atoms with Crippen molar-refractivity contribution in [1.82, 2.24) is 0 Å². The maximum absolute atomic E-state index is 11.9. The molecule has 12 rings (SSSR count). The normalized spacial score (nSPS) is 21.2. The number of aliphatic imine (C=N–C) groups is 4. The minimum absolute atomic E-state index is 0. The number of anilines is 4. The number of hydrogen-bond acceptors (Lipinski definition) is 22. The van der Waals surface area contributed by atoms with Gasteiger partial charge in [0.25, 0.3) is 0 Å². The molecule has 5 atom stereocenters. The molecule has 0 saturated carbocycles. The largest absolute Gasteiger partial charge is 0.506 e. The van der Waals surface area contributed by atoms with Crippen LogP contribution >= 0.6 is 47.0 Å². The number of carbonyl (C=O) groups is 5. The van der Waals surface area contributed by atoms with Crippen LogP contribution in [0.3, 0.4) is 0 Å². The summed E-state index contributed by atoms with van der Waals surface area (Å²) in [6.45, 7) is 24.8. The van der Waals surface area contributed by atoms with E-state index >= 15 is 0 Å². The number of carboxylic acid groups (broad SMARTS) is 1. The molecule has 0 amide bonds. The average Bonchev–Trinajstić information content (AvgIpc) is 0.765. The van der Waals surface area contributed by atoms with Gasteiger partial charge in [-0.05, 0) is 193 Å². The number of fused-ring (bicyclic) bond motifs is 4. The van der Waals surface area contributed by atoms with Gasteiger partial charge < -0.3 is 50.4 Å². The zero-order valence-electron chi connectivity index (χ0n) is 63.7.